The van der Waals surface area contributed by atoms with Gasteiger partial charge in [-0.3, -0.25) is 9.59 Å². The molecule has 168 valence electrons. The number of ether oxygens (including phenoxy) is 2. The first kappa shape index (κ1) is 23.6. The van der Waals surface area contributed by atoms with Crippen molar-refractivity contribution in [3.8, 4) is 11.5 Å². The van der Waals surface area contributed by atoms with Gasteiger partial charge in [-0.25, -0.2) is 5.43 Å². The number of rotatable bonds is 8. The monoisotopic (exact) mass is 463 g/mol. The van der Waals surface area contributed by atoms with E-state index in [9.17, 15) is 9.59 Å². The minimum absolute atomic E-state index is 0.00460. The molecule has 0 radical (unpaired) electrons. The smallest absolute Gasteiger partial charge is 0.287 e. The van der Waals surface area contributed by atoms with Crippen LogP contribution in [0.25, 0.3) is 6.08 Å². The number of nitrogens with one attached hydrogen (secondary N) is 2. The Kier molecular flexibility index (Phi) is 8.21. The lowest BCUT2D eigenvalue weighted by Gasteiger charge is -2.10. The van der Waals surface area contributed by atoms with Crippen molar-refractivity contribution >= 4 is 35.7 Å². The summed E-state index contributed by atoms with van der Waals surface area (Å²) in [5.41, 5.74) is 4.04. The molecule has 3 aromatic carbocycles. The summed E-state index contributed by atoms with van der Waals surface area (Å²) in [7, 11) is 3.08. The number of nitrogens with zero attached hydrogens (tertiary/aromatic N) is 1. The van der Waals surface area contributed by atoms with E-state index in [1.807, 2.05) is 18.2 Å². The lowest BCUT2D eigenvalue weighted by Crippen LogP contribution is -2.33. The van der Waals surface area contributed by atoms with Crippen molar-refractivity contribution in [3.63, 3.8) is 0 Å². The molecule has 3 rings (SSSR count). The number of halogens is 1. The van der Waals surface area contributed by atoms with Gasteiger partial charge >= 0.3 is 0 Å². The first-order chi connectivity index (χ1) is 16.0. The Bertz CT molecular complexity index is 1190. The van der Waals surface area contributed by atoms with E-state index in [0.717, 1.165) is 5.56 Å². The van der Waals surface area contributed by atoms with Gasteiger partial charge in [0.2, 0.25) is 0 Å². The zero-order chi connectivity index (χ0) is 23.6. The van der Waals surface area contributed by atoms with Crippen molar-refractivity contribution in [1.29, 1.82) is 0 Å². The third-order valence-corrected chi connectivity index (χ3v) is 4.86. The summed E-state index contributed by atoms with van der Waals surface area (Å²) in [6.45, 7) is 0. The zero-order valence-electron chi connectivity index (χ0n) is 18.0. The summed E-state index contributed by atoms with van der Waals surface area (Å²) in [4.78, 5) is 25.6. The highest BCUT2D eigenvalue weighted by Crippen LogP contribution is 2.23. The van der Waals surface area contributed by atoms with Crippen LogP contribution in [0.2, 0.25) is 5.02 Å². The Morgan fingerprint density at radius 2 is 1.67 bits per heavy atom. The number of hydrogen-bond donors (Lipinski definition) is 2. The van der Waals surface area contributed by atoms with E-state index in [1.165, 1.54) is 13.3 Å². The maximum Gasteiger partial charge on any atom is 0.287 e. The van der Waals surface area contributed by atoms with E-state index >= 15 is 0 Å². The van der Waals surface area contributed by atoms with E-state index in [0.29, 0.717) is 17.1 Å². The van der Waals surface area contributed by atoms with Crippen molar-refractivity contribution < 1.29 is 19.1 Å². The highest BCUT2D eigenvalue weighted by Gasteiger charge is 2.16. The Labute approximate surface area is 196 Å². The lowest BCUT2D eigenvalue weighted by atomic mass is 10.1. The van der Waals surface area contributed by atoms with E-state index in [-0.39, 0.29) is 16.3 Å². The molecule has 0 aliphatic carbocycles. The maximum absolute atomic E-state index is 12.9. The molecule has 2 N–H and O–H groups in total. The van der Waals surface area contributed by atoms with Crippen LogP contribution in [0.5, 0.6) is 11.5 Å². The molecule has 33 heavy (non-hydrogen) atoms. The molecule has 0 atom stereocenters. The minimum atomic E-state index is -0.608. The highest BCUT2D eigenvalue weighted by atomic mass is 35.5. The molecule has 0 heterocycles. The summed E-state index contributed by atoms with van der Waals surface area (Å²) in [5, 5.41) is 6.90. The molecule has 0 bridgehead atoms. The van der Waals surface area contributed by atoms with E-state index in [1.54, 1.807) is 67.8 Å². The molecule has 0 aliphatic heterocycles. The van der Waals surface area contributed by atoms with Gasteiger partial charge in [0.05, 0.1) is 31.0 Å². The average Bonchev–Trinajstić information content (AvgIpc) is 2.84. The van der Waals surface area contributed by atoms with Gasteiger partial charge < -0.3 is 14.8 Å². The zero-order valence-corrected chi connectivity index (χ0v) is 18.8. The summed E-state index contributed by atoms with van der Waals surface area (Å²) >= 11 is 6.12. The van der Waals surface area contributed by atoms with Gasteiger partial charge in [-0.05, 0) is 35.9 Å². The number of benzene rings is 3. The summed E-state index contributed by atoms with van der Waals surface area (Å²) < 4.78 is 10.5. The highest BCUT2D eigenvalue weighted by molar-refractivity contribution is 6.34. The van der Waals surface area contributed by atoms with Gasteiger partial charge in [-0.2, -0.15) is 5.10 Å². The van der Waals surface area contributed by atoms with E-state index in [4.69, 9.17) is 21.1 Å². The molecular weight excluding hydrogens is 442 g/mol. The first-order valence-corrected chi connectivity index (χ1v) is 10.3. The van der Waals surface area contributed by atoms with Crippen LogP contribution >= 0.6 is 11.6 Å². The first-order valence-electron chi connectivity index (χ1n) is 9.90. The number of methoxy groups -OCH3 is 2. The van der Waals surface area contributed by atoms with Crippen LogP contribution in [-0.4, -0.2) is 32.2 Å². The molecule has 0 unspecified atom stereocenters. The molecule has 8 heteroatoms. The second-order valence-electron chi connectivity index (χ2n) is 6.71. The molecule has 0 fully saturated rings. The molecule has 7 nitrogen and oxygen atoms in total. The molecule has 0 spiro atoms. The van der Waals surface area contributed by atoms with Gasteiger partial charge in [0.1, 0.15) is 17.2 Å². The molecule has 0 saturated heterocycles. The van der Waals surface area contributed by atoms with Gasteiger partial charge in [-0.1, -0.05) is 54.1 Å². The molecule has 0 aromatic heterocycles. The fourth-order valence-corrected chi connectivity index (χ4v) is 3.08. The van der Waals surface area contributed by atoms with Crippen LogP contribution in [0.3, 0.4) is 0 Å². The number of hydrogen-bond acceptors (Lipinski definition) is 5. The Hall–Kier alpha value is -4.10. The molecule has 0 saturated carbocycles. The Morgan fingerprint density at radius 3 is 2.36 bits per heavy atom. The Balaban J connectivity index is 1.81. The van der Waals surface area contributed by atoms with Crippen LogP contribution in [0.15, 0.2) is 83.6 Å². The fraction of sp³-hybridized carbons (Fsp3) is 0.0800. The quantitative estimate of drug-likeness (QED) is 0.296. The van der Waals surface area contributed by atoms with Crippen LogP contribution < -0.4 is 20.2 Å². The molecule has 3 aromatic rings. The van der Waals surface area contributed by atoms with Crippen LogP contribution in [-0.2, 0) is 4.79 Å². The van der Waals surface area contributed by atoms with Crippen molar-refractivity contribution in [2.75, 3.05) is 14.2 Å². The second-order valence-corrected chi connectivity index (χ2v) is 7.12. The van der Waals surface area contributed by atoms with Crippen LogP contribution in [0.1, 0.15) is 21.5 Å². The van der Waals surface area contributed by atoms with Crippen molar-refractivity contribution in [3.05, 3.63) is 100 Å². The van der Waals surface area contributed by atoms with Crippen molar-refractivity contribution in [2.45, 2.75) is 0 Å². The molecule has 0 aliphatic rings. The normalized spacial score (nSPS) is 11.2. The summed E-state index contributed by atoms with van der Waals surface area (Å²) in [6.07, 6.45) is 2.99. The summed E-state index contributed by atoms with van der Waals surface area (Å²) in [6, 6.07) is 20.9. The van der Waals surface area contributed by atoms with E-state index in [2.05, 4.69) is 15.8 Å². The third kappa shape index (κ3) is 6.44. The maximum atomic E-state index is 12.9. The van der Waals surface area contributed by atoms with Gasteiger partial charge in [0.15, 0.2) is 0 Å². The van der Waals surface area contributed by atoms with Crippen LogP contribution in [0, 0.1) is 0 Å². The SMILES string of the molecule is COc1ccc(C=NNC(=O)C(=Cc2ccccc2)NC(=O)c2ccccc2Cl)c(OC)c1. The predicted molar refractivity (Wildman–Crippen MR) is 129 cm³/mol. The second kappa shape index (κ2) is 11.5. The van der Waals surface area contributed by atoms with E-state index < -0.39 is 11.8 Å². The summed E-state index contributed by atoms with van der Waals surface area (Å²) in [5.74, 6) is 0.0320. The van der Waals surface area contributed by atoms with Crippen molar-refractivity contribution in [2.24, 2.45) is 5.10 Å². The van der Waals surface area contributed by atoms with Gasteiger partial charge in [0.25, 0.3) is 11.8 Å². The fourth-order valence-electron chi connectivity index (χ4n) is 2.86. The number of carbonyl (C=O) groups excluding carboxylic acids is 2. The number of amides is 2. The molecular formula is C25H22ClN3O4. The Morgan fingerprint density at radius 1 is 0.939 bits per heavy atom. The predicted octanol–water partition coefficient (Wildman–Crippen LogP) is 4.28. The van der Waals surface area contributed by atoms with Gasteiger partial charge in [0, 0.05) is 11.6 Å². The van der Waals surface area contributed by atoms with Crippen LogP contribution in [0.4, 0.5) is 0 Å². The van der Waals surface area contributed by atoms with Crippen molar-refractivity contribution in [1.82, 2.24) is 10.7 Å². The number of hydrazone groups is 1. The molecule has 2 amide bonds. The average molecular weight is 464 g/mol. The topological polar surface area (TPSA) is 89.0 Å². The lowest BCUT2D eigenvalue weighted by molar-refractivity contribution is -0.117. The number of carbonyl (C=O) groups is 2. The minimum Gasteiger partial charge on any atom is -0.497 e. The standard InChI is InChI=1S/C25H22ClN3O4/c1-32-19-13-12-18(23(15-19)33-2)16-27-29-25(31)22(14-17-8-4-3-5-9-17)28-24(30)20-10-6-7-11-21(20)26/h3-16H,1-2H3,(H,28,30)(H,29,31). The van der Waals surface area contributed by atoms with Gasteiger partial charge in [-0.15, -0.1) is 0 Å². The third-order valence-electron chi connectivity index (χ3n) is 4.53. The largest absolute Gasteiger partial charge is 0.497 e.